The van der Waals surface area contributed by atoms with Crippen molar-refractivity contribution in [1.29, 1.82) is 0 Å². The van der Waals surface area contributed by atoms with Gasteiger partial charge in [-0.3, -0.25) is 0 Å². The number of carboxylic acid groups (broad SMARTS) is 4. The van der Waals surface area contributed by atoms with Gasteiger partial charge in [-0.2, -0.15) is 0 Å². The summed E-state index contributed by atoms with van der Waals surface area (Å²) >= 11 is 0. The molecule has 1 saturated heterocycles. The van der Waals surface area contributed by atoms with E-state index in [1.807, 2.05) is 0 Å². The van der Waals surface area contributed by atoms with Gasteiger partial charge in [0.1, 0.15) is 28.6 Å². The van der Waals surface area contributed by atoms with E-state index in [4.69, 9.17) is 14.2 Å². The van der Waals surface area contributed by atoms with E-state index < -0.39 is 63.5 Å². The molecule has 44 heavy (non-hydrogen) atoms. The van der Waals surface area contributed by atoms with Crippen LogP contribution in [0.2, 0.25) is 0 Å². The molecule has 0 unspecified atom stereocenters. The third-order valence-electron chi connectivity index (χ3n) is 6.75. The molecular weight excluding hydrogens is 580 g/mol. The summed E-state index contributed by atoms with van der Waals surface area (Å²) in [7, 11) is 0. The van der Waals surface area contributed by atoms with Gasteiger partial charge in [0.15, 0.2) is 0 Å². The first-order valence-corrected chi connectivity index (χ1v) is 12.5. The second-order valence-electron chi connectivity index (χ2n) is 9.26. The molecule has 1 fully saturated rings. The third kappa shape index (κ3) is 4.83. The van der Waals surface area contributed by atoms with E-state index >= 15 is 0 Å². The smallest absolute Gasteiger partial charge is 0.340 e. The molecule has 1 aliphatic heterocycles. The second kappa shape index (κ2) is 11.1. The minimum Gasteiger partial charge on any atom is -0.478 e. The maximum absolute atomic E-state index is 13.0. The largest absolute Gasteiger partial charge is 0.478 e. The van der Waals surface area contributed by atoms with Crippen LogP contribution >= 0.6 is 0 Å². The summed E-state index contributed by atoms with van der Waals surface area (Å²) in [5.41, 5.74) is -3.94. The molecule has 1 heterocycles. The molecule has 0 saturated carbocycles. The van der Waals surface area contributed by atoms with Crippen molar-refractivity contribution in [1.82, 2.24) is 0 Å². The average Bonchev–Trinajstić information content (AvgIpc) is 2.98. The van der Waals surface area contributed by atoms with Gasteiger partial charge in [0.25, 0.3) is 0 Å². The first-order chi connectivity index (χ1) is 20.9. The molecule has 1 aliphatic rings. The SMILES string of the molecule is O=C(O)c1ccc(Oc2ccccc2C2(c3ccc(Oc4cccc(C(=O)O)c4C(=O)O)cc3)C(=O)OC2=O)cc1C(=O)O. The molecule has 220 valence electrons. The van der Waals surface area contributed by atoms with Gasteiger partial charge in [0, 0.05) is 5.56 Å². The Labute approximate surface area is 246 Å². The summed E-state index contributed by atoms with van der Waals surface area (Å²) in [5, 5.41) is 37.7. The van der Waals surface area contributed by atoms with Crippen molar-refractivity contribution >= 4 is 35.8 Å². The zero-order chi connectivity index (χ0) is 31.8. The minimum absolute atomic E-state index is 0.0335. The second-order valence-corrected chi connectivity index (χ2v) is 9.26. The van der Waals surface area contributed by atoms with E-state index in [1.54, 1.807) is 0 Å². The van der Waals surface area contributed by atoms with Crippen molar-refractivity contribution in [3.63, 3.8) is 0 Å². The molecule has 4 aromatic rings. The van der Waals surface area contributed by atoms with Crippen molar-refractivity contribution in [3.05, 3.63) is 118 Å². The van der Waals surface area contributed by atoms with Gasteiger partial charge in [-0.25, -0.2) is 28.8 Å². The monoisotopic (exact) mass is 598 g/mol. The topological polar surface area (TPSA) is 211 Å². The fraction of sp³-hybridized carbons (Fsp3) is 0.0323. The van der Waals surface area contributed by atoms with Crippen LogP contribution in [0, 0.1) is 0 Å². The number of carbonyl (C=O) groups is 6. The molecule has 0 aliphatic carbocycles. The summed E-state index contributed by atoms with van der Waals surface area (Å²) in [6, 6.07) is 18.2. The summed E-state index contributed by atoms with van der Waals surface area (Å²) in [6.07, 6.45) is 0. The number of aromatic carboxylic acids is 4. The van der Waals surface area contributed by atoms with Crippen LogP contribution < -0.4 is 9.47 Å². The summed E-state index contributed by atoms with van der Waals surface area (Å²) in [4.78, 5) is 72.4. The first kappa shape index (κ1) is 29.0. The molecule has 0 amide bonds. The Morgan fingerprint density at radius 3 is 1.73 bits per heavy atom. The Bertz CT molecular complexity index is 1880. The van der Waals surface area contributed by atoms with Gasteiger partial charge in [0.2, 0.25) is 5.41 Å². The van der Waals surface area contributed by atoms with E-state index in [1.165, 1.54) is 66.7 Å². The number of hydrogen-bond donors (Lipinski definition) is 4. The van der Waals surface area contributed by atoms with Gasteiger partial charge in [-0.1, -0.05) is 36.4 Å². The standard InChI is InChI=1S/C31H18O13/c32-25(33)18-13-12-17(14-20(18)27(36)37)43-22-6-2-1-5-21(22)31(29(40)44-30(31)41)15-8-10-16(11-9-15)42-23-7-3-4-19(26(34)35)24(23)28(38)39/h1-14H,(H,32,33)(H,34,35)(H,36,37)(H,38,39). The Morgan fingerprint density at radius 1 is 0.568 bits per heavy atom. The number of rotatable bonds is 10. The van der Waals surface area contributed by atoms with Crippen LogP contribution in [-0.4, -0.2) is 56.2 Å². The van der Waals surface area contributed by atoms with E-state index in [0.717, 1.165) is 18.2 Å². The molecular formula is C31H18O13. The van der Waals surface area contributed by atoms with Gasteiger partial charge < -0.3 is 34.6 Å². The van der Waals surface area contributed by atoms with Crippen LogP contribution in [0.1, 0.15) is 52.6 Å². The molecule has 13 heteroatoms. The highest BCUT2D eigenvalue weighted by atomic mass is 16.6. The number of carbonyl (C=O) groups excluding carboxylic acids is 2. The quantitative estimate of drug-likeness (QED) is 0.147. The average molecular weight is 598 g/mol. The number of para-hydroxylation sites is 1. The highest BCUT2D eigenvalue weighted by molar-refractivity contribution is 6.22. The van der Waals surface area contributed by atoms with Crippen molar-refractivity contribution in [2.45, 2.75) is 5.41 Å². The van der Waals surface area contributed by atoms with E-state index in [2.05, 4.69) is 0 Å². The molecule has 4 aromatic carbocycles. The summed E-state index contributed by atoms with van der Waals surface area (Å²) in [6.45, 7) is 0. The predicted molar refractivity (Wildman–Crippen MR) is 146 cm³/mol. The van der Waals surface area contributed by atoms with E-state index in [9.17, 15) is 49.2 Å². The highest BCUT2D eigenvalue weighted by Crippen LogP contribution is 2.47. The van der Waals surface area contributed by atoms with Crippen LogP contribution in [0.25, 0.3) is 0 Å². The van der Waals surface area contributed by atoms with E-state index in [0.29, 0.717) is 0 Å². The lowest BCUT2D eigenvalue weighted by Crippen LogP contribution is -2.57. The van der Waals surface area contributed by atoms with Crippen LogP contribution in [0.5, 0.6) is 23.0 Å². The van der Waals surface area contributed by atoms with Gasteiger partial charge in [-0.05, 0) is 54.1 Å². The van der Waals surface area contributed by atoms with Crippen molar-refractivity contribution < 1.29 is 63.4 Å². The van der Waals surface area contributed by atoms with Gasteiger partial charge >= 0.3 is 35.8 Å². The third-order valence-corrected chi connectivity index (χ3v) is 6.75. The van der Waals surface area contributed by atoms with Crippen molar-refractivity contribution in [2.24, 2.45) is 0 Å². The molecule has 0 atom stereocenters. The van der Waals surface area contributed by atoms with Crippen molar-refractivity contribution in [2.75, 3.05) is 0 Å². The Balaban J connectivity index is 1.53. The zero-order valence-electron chi connectivity index (χ0n) is 22.0. The number of cyclic esters (lactones) is 2. The molecule has 0 radical (unpaired) electrons. The molecule has 4 N–H and O–H groups in total. The zero-order valence-corrected chi connectivity index (χ0v) is 22.0. The van der Waals surface area contributed by atoms with Crippen LogP contribution in [0.15, 0.2) is 84.9 Å². The Morgan fingerprint density at radius 2 is 1.14 bits per heavy atom. The maximum atomic E-state index is 13.0. The fourth-order valence-corrected chi connectivity index (χ4v) is 4.74. The molecule has 0 bridgehead atoms. The predicted octanol–water partition coefficient (Wildman–Crippen LogP) is 4.43. The normalized spacial score (nSPS) is 13.3. The first-order valence-electron chi connectivity index (χ1n) is 12.5. The lowest BCUT2D eigenvalue weighted by molar-refractivity contribution is -0.184. The number of hydrogen-bond acceptors (Lipinski definition) is 9. The van der Waals surface area contributed by atoms with Crippen LogP contribution in [0.4, 0.5) is 0 Å². The molecule has 0 aromatic heterocycles. The number of benzene rings is 4. The minimum atomic E-state index is -2.01. The fourth-order valence-electron chi connectivity index (χ4n) is 4.74. The number of ether oxygens (including phenoxy) is 3. The van der Waals surface area contributed by atoms with Gasteiger partial charge in [-0.15, -0.1) is 0 Å². The van der Waals surface area contributed by atoms with Gasteiger partial charge in [0.05, 0.1) is 16.7 Å². The lowest BCUT2D eigenvalue weighted by Gasteiger charge is -2.37. The van der Waals surface area contributed by atoms with Crippen LogP contribution in [0.3, 0.4) is 0 Å². The lowest BCUT2D eigenvalue weighted by atomic mass is 9.71. The summed E-state index contributed by atoms with van der Waals surface area (Å²) in [5.74, 6) is -8.17. The molecule has 13 nitrogen and oxygen atoms in total. The highest BCUT2D eigenvalue weighted by Gasteiger charge is 2.62. The molecule has 5 rings (SSSR count). The van der Waals surface area contributed by atoms with Crippen LogP contribution in [-0.2, 0) is 19.7 Å². The summed E-state index contributed by atoms with van der Waals surface area (Å²) < 4.78 is 16.2. The van der Waals surface area contributed by atoms with Crippen molar-refractivity contribution in [3.8, 4) is 23.0 Å². The Kier molecular flexibility index (Phi) is 7.29. The van der Waals surface area contributed by atoms with E-state index in [-0.39, 0.29) is 34.1 Å². The Hall–Kier alpha value is -6.50. The number of esters is 2. The molecule has 0 spiro atoms. The number of carboxylic acids is 4. The maximum Gasteiger partial charge on any atom is 0.340 e.